The van der Waals surface area contributed by atoms with Crippen LogP contribution >= 0.6 is 7.60 Å². The smallest absolute Gasteiger partial charge is 0.329 e. The van der Waals surface area contributed by atoms with Crippen molar-refractivity contribution in [2.24, 2.45) is 5.92 Å². The molecule has 0 aromatic carbocycles. The van der Waals surface area contributed by atoms with E-state index in [1.165, 1.54) is 77.0 Å². The topological polar surface area (TPSA) is 85.3 Å². The Balaban J connectivity index is 2.02. The maximum absolute atomic E-state index is 12.3. The molecule has 1 heterocycles. The number of ether oxygens (including phenoxy) is 2. The number of hydrogen-bond donors (Lipinski definition) is 1. The van der Waals surface area contributed by atoms with Gasteiger partial charge in [-0.2, -0.15) is 0 Å². The average Bonchev–Trinajstić information content (AvgIpc) is 3.36. The molecule has 1 N–H and O–H groups in total. The average molecular weight is 520 g/mol. The molecule has 0 aromatic heterocycles. The molecule has 0 amide bonds. The van der Waals surface area contributed by atoms with E-state index in [1.807, 2.05) is 0 Å². The van der Waals surface area contributed by atoms with Crippen molar-refractivity contribution in [1.82, 2.24) is 4.90 Å². The number of carbonyl (C=O) groups is 1. The molecule has 3 atom stereocenters. The van der Waals surface area contributed by atoms with Gasteiger partial charge >= 0.3 is 7.60 Å². The highest BCUT2D eigenvalue weighted by molar-refractivity contribution is 7.52. The van der Waals surface area contributed by atoms with E-state index in [2.05, 4.69) is 18.7 Å². The zero-order valence-corrected chi connectivity index (χ0v) is 23.6. The lowest BCUT2D eigenvalue weighted by Crippen LogP contribution is -2.27. The summed E-state index contributed by atoms with van der Waals surface area (Å²) >= 11 is 0. The second-order valence-corrected chi connectivity index (χ2v) is 12.4. The Morgan fingerprint density at radius 1 is 0.886 bits per heavy atom. The molecule has 35 heavy (non-hydrogen) atoms. The molecule has 0 aromatic rings. The third kappa shape index (κ3) is 19.3. The minimum atomic E-state index is -3.70. The zero-order chi connectivity index (χ0) is 25.6. The van der Waals surface area contributed by atoms with Gasteiger partial charge in [0.05, 0.1) is 19.4 Å². The van der Waals surface area contributed by atoms with Crippen LogP contribution in [0.5, 0.6) is 0 Å². The monoisotopic (exact) mass is 519 g/mol. The van der Waals surface area contributed by atoms with E-state index in [-0.39, 0.29) is 19.4 Å². The maximum Gasteiger partial charge on any atom is 0.329 e. The third-order valence-corrected chi connectivity index (χ3v) is 8.18. The molecule has 208 valence electrons. The van der Waals surface area contributed by atoms with Crippen LogP contribution in [0.2, 0.25) is 0 Å². The minimum Gasteiger partial charge on any atom is -0.460 e. The molecule has 1 fully saturated rings. The number of unbranched alkanes of at least 4 members (excludes halogenated alkanes) is 11. The predicted octanol–water partition coefficient (Wildman–Crippen LogP) is 6.57. The zero-order valence-electron chi connectivity index (χ0n) is 22.7. The van der Waals surface area contributed by atoms with Gasteiger partial charge < -0.3 is 23.8 Å². The summed E-state index contributed by atoms with van der Waals surface area (Å²) in [6.07, 6.45) is 19.0. The van der Waals surface area contributed by atoms with Gasteiger partial charge in [-0.15, -0.1) is 0 Å². The molecule has 7 nitrogen and oxygen atoms in total. The Labute approximate surface area is 215 Å². The molecular formula is C27H54NO6P. The van der Waals surface area contributed by atoms with Gasteiger partial charge in [0.25, 0.3) is 6.47 Å². The fraction of sp³-hybridized carbons (Fsp3) is 0.963. The van der Waals surface area contributed by atoms with Crippen LogP contribution < -0.4 is 0 Å². The molecule has 0 spiro atoms. The Morgan fingerprint density at radius 3 is 2.03 bits per heavy atom. The molecule has 3 unspecified atom stereocenters. The van der Waals surface area contributed by atoms with E-state index < -0.39 is 13.7 Å². The summed E-state index contributed by atoms with van der Waals surface area (Å²) in [6.45, 7) is 7.92. The fourth-order valence-corrected chi connectivity index (χ4v) is 5.63. The van der Waals surface area contributed by atoms with Gasteiger partial charge in [0, 0.05) is 13.2 Å². The number of nitrogens with zero attached hydrogens (tertiary/aromatic N) is 1. The van der Waals surface area contributed by atoms with Crippen LogP contribution in [0.25, 0.3) is 0 Å². The van der Waals surface area contributed by atoms with E-state index in [4.69, 9.17) is 14.0 Å². The molecule has 0 radical (unpaired) electrons. The molecular weight excluding hydrogens is 465 g/mol. The van der Waals surface area contributed by atoms with Crippen LogP contribution in [0.3, 0.4) is 0 Å². The van der Waals surface area contributed by atoms with Gasteiger partial charge in [-0.1, -0.05) is 90.9 Å². The van der Waals surface area contributed by atoms with Crippen molar-refractivity contribution in [2.45, 2.75) is 116 Å². The number of likely N-dealkylation sites (tertiary alicyclic amines) is 1. The van der Waals surface area contributed by atoms with Gasteiger partial charge in [-0.25, -0.2) is 0 Å². The van der Waals surface area contributed by atoms with Crippen molar-refractivity contribution in [3.8, 4) is 0 Å². The molecule has 0 bridgehead atoms. The van der Waals surface area contributed by atoms with Crippen LogP contribution in [-0.2, 0) is 23.4 Å². The summed E-state index contributed by atoms with van der Waals surface area (Å²) in [5, 5.41) is 0. The Kier molecular flexibility index (Phi) is 20.1. The first kappa shape index (κ1) is 32.6. The highest BCUT2D eigenvalue weighted by atomic mass is 31.2. The van der Waals surface area contributed by atoms with Gasteiger partial charge in [0.1, 0.15) is 6.10 Å². The summed E-state index contributed by atoms with van der Waals surface area (Å²) in [5.74, 6) is 0.431. The second-order valence-electron chi connectivity index (χ2n) is 10.4. The number of carbonyl (C=O) groups excluding carboxylic acids is 1. The van der Waals surface area contributed by atoms with Crippen LogP contribution in [-0.4, -0.2) is 68.0 Å². The van der Waals surface area contributed by atoms with Gasteiger partial charge in [0.2, 0.25) is 0 Å². The third-order valence-electron chi connectivity index (χ3n) is 6.86. The molecule has 0 aliphatic carbocycles. The Bertz CT molecular complexity index is 544. The normalized spacial score (nSPS) is 17.8. The van der Waals surface area contributed by atoms with Crippen molar-refractivity contribution < 1.29 is 28.3 Å². The van der Waals surface area contributed by atoms with Crippen molar-refractivity contribution in [2.75, 3.05) is 45.6 Å². The van der Waals surface area contributed by atoms with Crippen molar-refractivity contribution in [3.05, 3.63) is 0 Å². The van der Waals surface area contributed by atoms with E-state index in [0.29, 0.717) is 25.5 Å². The summed E-state index contributed by atoms with van der Waals surface area (Å²) in [4.78, 5) is 23.0. The van der Waals surface area contributed by atoms with E-state index in [1.54, 1.807) is 0 Å². The van der Waals surface area contributed by atoms with Gasteiger partial charge in [-0.05, 0) is 38.3 Å². The largest absolute Gasteiger partial charge is 0.460 e. The highest BCUT2D eigenvalue weighted by Gasteiger charge is 2.24. The predicted molar refractivity (Wildman–Crippen MR) is 143 cm³/mol. The Morgan fingerprint density at radius 2 is 1.46 bits per heavy atom. The summed E-state index contributed by atoms with van der Waals surface area (Å²) in [5.41, 5.74) is 0. The summed E-state index contributed by atoms with van der Waals surface area (Å²) < 4.78 is 28.2. The van der Waals surface area contributed by atoms with Gasteiger partial charge in [0.15, 0.2) is 0 Å². The van der Waals surface area contributed by atoms with Crippen LogP contribution in [0.4, 0.5) is 0 Å². The molecule has 1 aliphatic rings. The minimum absolute atomic E-state index is 0.0950. The van der Waals surface area contributed by atoms with Gasteiger partial charge in [-0.3, -0.25) is 9.36 Å². The first-order valence-corrected chi connectivity index (χ1v) is 16.1. The van der Waals surface area contributed by atoms with Crippen LogP contribution in [0.15, 0.2) is 0 Å². The summed E-state index contributed by atoms with van der Waals surface area (Å²) in [7, 11) is -3.70. The molecule has 1 saturated heterocycles. The van der Waals surface area contributed by atoms with Crippen LogP contribution in [0, 0.1) is 5.92 Å². The molecule has 8 heteroatoms. The first-order chi connectivity index (χ1) is 17.0. The Hall–Kier alpha value is -0.460. The summed E-state index contributed by atoms with van der Waals surface area (Å²) in [6, 6.07) is 0. The highest BCUT2D eigenvalue weighted by Crippen LogP contribution is 2.41. The molecule has 1 rings (SSSR count). The molecule has 0 saturated carbocycles. The first-order valence-electron chi connectivity index (χ1n) is 14.3. The van der Waals surface area contributed by atoms with E-state index >= 15 is 0 Å². The fourth-order valence-electron chi connectivity index (χ4n) is 4.56. The lowest BCUT2D eigenvalue weighted by Gasteiger charge is -2.21. The standard InChI is InChI=1S/C27H54NO6P/c1-3-4-5-6-7-8-9-10-11-12-13-14-17-26(2)22-32-23-27(33-25-29)24-34-35(30,31)21-20-28-18-15-16-19-28/h25-27H,3-24H2,1-2H3,(H,30,31). The van der Waals surface area contributed by atoms with Crippen molar-refractivity contribution >= 4 is 14.1 Å². The number of hydrogen-bond acceptors (Lipinski definition) is 6. The van der Waals surface area contributed by atoms with Crippen LogP contribution in [0.1, 0.15) is 110 Å². The maximum atomic E-state index is 12.3. The second kappa shape index (κ2) is 21.6. The quantitative estimate of drug-likeness (QED) is 0.0829. The lowest BCUT2D eigenvalue weighted by atomic mass is 10.0. The lowest BCUT2D eigenvalue weighted by molar-refractivity contribution is -0.139. The van der Waals surface area contributed by atoms with E-state index in [0.717, 1.165) is 32.4 Å². The van der Waals surface area contributed by atoms with E-state index in [9.17, 15) is 14.3 Å². The van der Waals surface area contributed by atoms with Crippen molar-refractivity contribution in [1.29, 1.82) is 0 Å². The number of rotatable bonds is 25. The SMILES string of the molecule is CCCCCCCCCCCCCCC(C)COCC(COP(=O)(O)CCN1CCCC1)OC=O. The molecule has 1 aliphatic heterocycles. The van der Waals surface area contributed by atoms with Crippen molar-refractivity contribution in [3.63, 3.8) is 0 Å².